The van der Waals surface area contributed by atoms with Crippen LogP contribution in [0.15, 0.2) is 5.11 Å². The van der Waals surface area contributed by atoms with Crippen LogP contribution >= 0.6 is 11.6 Å². The van der Waals surface area contributed by atoms with E-state index in [-0.39, 0.29) is 6.61 Å². The number of aliphatic hydroxyl groups excluding tert-OH is 3. The first-order valence-corrected chi connectivity index (χ1v) is 5.64. The van der Waals surface area contributed by atoms with Crippen molar-refractivity contribution in [3.05, 3.63) is 10.4 Å². The van der Waals surface area contributed by atoms with Crippen molar-refractivity contribution >= 4 is 18.7 Å². The van der Waals surface area contributed by atoms with Gasteiger partial charge < -0.3 is 20.1 Å². The summed E-state index contributed by atoms with van der Waals surface area (Å²) >= 11 is 1.23. The summed E-state index contributed by atoms with van der Waals surface area (Å²) in [6, 6.07) is -0.988. The molecule has 0 aromatic heterocycles. The molecule has 84 valence electrons. The van der Waals surface area contributed by atoms with E-state index in [1.54, 1.807) is 7.12 Å². The van der Waals surface area contributed by atoms with E-state index in [1.165, 1.54) is 11.6 Å². The lowest BCUT2D eigenvalue weighted by Gasteiger charge is -2.39. The molecule has 0 radical (unpaired) electrons. The first-order valence-electron chi connectivity index (χ1n) is 4.35. The highest BCUT2D eigenvalue weighted by atomic mass is 32.2. The lowest BCUT2D eigenvalue weighted by Crippen LogP contribution is -2.56. The zero-order valence-corrected chi connectivity index (χ0v) is 8.91. The maximum absolute atomic E-state index is 9.69. The summed E-state index contributed by atoms with van der Waals surface area (Å²) in [5.41, 5.74) is 7.69. The van der Waals surface area contributed by atoms with Crippen molar-refractivity contribution in [2.45, 2.75) is 29.8 Å². The number of ether oxygens (including phenoxy) is 1. The Morgan fingerprint density at radius 2 is 2.13 bits per heavy atom. The number of hydrogen-bond acceptors (Lipinski definition) is 6. The molecule has 1 saturated heterocycles. The van der Waals surface area contributed by atoms with Gasteiger partial charge in [0.25, 0.3) is 0 Å². The second-order valence-electron chi connectivity index (χ2n) is 3.14. The fraction of sp³-hybridized carbons (Fsp3) is 1.00. The summed E-state index contributed by atoms with van der Waals surface area (Å²) in [5, 5.41) is 31.6. The van der Waals surface area contributed by atoms with Crippen molar-refractivity contribution in [2.24, 2.45) is 5.11 Å². The van der Waals surface area contributed by atoms with Gasteiger partial charge in [0.1, 0.15) is 11.5 Å². The lowest BCUT2D eigenvalue weighted by atomic mass is 9.98. The summed E-state index contributed by atoms with van der Waals surface area (Å²) < 4.78 is 5.22. The minimum atomic E-state index is -1.19. The Labute approximate surface area is 91.4 Å². The highest BCUT2D eigenvalue weighted by Gasteiger charge is 2.43. The Morgan fingerprint density at radius 3 is 2.60 bits per heavy atom. The van der Waals surface area contributed by atoms with Gasteiger partial charge in [0, 0.05) is 4.91 Å². The number of rotatable bonds is 3. The lowest BCUT2D eigenvalue weighted by molar-refractivity contribution is -0.159. The molecule has 7 nitrogen and oxygen atoms in total. The van der Waals surface area contributed by atoms with Crippen molar-refractivity contribution < 1.29 is 20.1 Å². The molecule has 9 heteroatoms. The Kier molecular flexibility index (Phi) is 4.71. The molecule has 0 spiro atoms. The summed E-state index contributed by atoms with van der Waals surface area (Å²) in [4.78, 5) is 2.56. The Bertz CT molecular complexity index is 249. The van der Waals surface area contributed by atoms with Crippen LogP contribution in [0.25, 0.3) is 10.4 Å². The van der Waals surface area contributed by atoms with Crippen LogP contribution in [0.1, 0.15) is 0 Å². The third-order valence-electron chi connectivity index (χ3n) is 2.27. The molecule has 1 aliphatic rings. The molecule has 15 heavy (non-hydrogen) atoms. The van der Waals surface area contributed by atoms with E-state index < -0.39 is 29.8 Å². The van der Waals surface area contributed by atoms with Crippen molar-refractivity contribution in [1.82, 2.24) is 0 Å². The van der Waals surface area contributed by atoms with E-state index in [2.05, 4.69) is 10.0 Å². The summed E-state index contributed by atoms with van der Waals surface area (Å²) in [6.07, 6.45) is -3.10. The van der Waals surface area contributed by atoms with Gasteiger partial charge in [0.05, 0.1) is 24.9 Å². The van der Waals surface area contributed by atoms with Gasteiger partial charge in [-0.3, -0.25) is 0 Å². The monoisotopic (exact) mass is 233 g/mol. The van der Waals surface area contributed by atoms with Crippen LogP contribution in [0.2, 0.25) is 0 Å². The van der Waals surface area contributed by atoms with Gasteiger partial charge in [0.15, 0.2) is 7.12 Å². The average molecular weight is 233 g/mol. The molecule has 1 fully saturated rings. The minimum Gasteiger partial charge on any atom is -0.394 e. The van der Waals surface area contributed by atoms with Crippen LogP contribution < -0.4 is 0 Å². The number of nitrogens with zero attached hydrogens (tertiary/aromatic N) is 3. The maximum Gasteiger partial charge on any atom is 0.177 e. The fourth-order valence-corrected chi connectivity index (χ4v) is 2.15. The number of hydrogen-bond donors (Lipinski definition) is 3. The normalized spacial score (nSPS) is 40.9. The molecule has 3 N–H and O–H groups in total. The zero-order valence-electron chi connectivity index (χ0n) is 8.09. The van der Waals surface area contributed by atoms with Crippen molar-refractivity contribution in [2.75, 3.05) is 6.61 Å². The molecule has 0 aromatic carbocycles. The van der Waals surface area contributed by atoms with Crippen LogP contribution in [0.3, 0.4) is 0 Å². The van der Waals surface area contributed by atoms with E-state index in [0.717, 1.165) is 0 Å². The third-order valence-corrected chi connectivity index (χ3v) is 3.12. The van der Waals surface area contributed by atoms with E-state index in [9.17, 15) is 10.2 Å². The number of azide groups is 1. The molecule has 1 rings (SSSR count). The molecule has 1 aliphatic heterocycles. The molecular formula is C6H12BN3O4S. The summed E-state index contributed by atoms with van der Waals surface area (Å²) in [7, 11) is 1.72. The predicted molar refractivity (Wildman–Crippen MR) is 56.8 cm³/mol. The van der Waals surface area contributed by atoms with Gasteiger partial charge in [-0.05, 0) is 5.53 Å². The molecule has 0 saturated carbocycles. The van der Waals surface area contributed by atoms with Crippen molar-refractivity contribution in [1.29, 1.82) is 0 Å². The van der Waals surface area contributed by atoms with Crippen LogP contribution in [0, 0.1) is 0 Å². The molecular weight excluding hydrogens is 221 g/mol. The maximum atomic E-state index is 9.69. The second kappa shape index (κ2) is 5.59. The van der Waals surface area contributed by atoms with E-state index in [0.29, 0.717) is 0 Å². The predicted octanol–water partition coefficient (Wildman–Crippen LogP) is -1.61. The topological polar surface area (TPSA) is 119 Å². The van der Waals surface area contributed by atoms with Gasteiger partial charge in [-0.25, -0.2) is 0 Å². The highest BCUT2D eigenvalue weighted by Crippen LogP contribution is 2.28. The summed E-state index contributed by atoms with van der Waals surface area (Å²) in [6.45, 7) is -0.387. The molecule has 0 amide bonds. The summed E-state index contributed by atoms with van der Waals surface area (Å²) in [5.74, 6) is 0. The van der Waals surface area contributed by atoms with Crippen LogP contribution in [0.5, 0.6) is 0 Å². The molecule has 2 unspecified atom stereocenters. The Balaban J connectivity index is 2.85. The third kappa shape index (κ3) is 2.57. The standard InChI is InChI=1S/C6H12BN3O4S/c7-15-6-5(13)3(9-10-8)4(12)2(1-11)14-6/h2-6,11-13H,1,7H2/t2?,3?,4-,5-,6+/m0/s1. The molecule has 0 aliphatic carbocycles. The van der Waals surface area contributed by atoms with Gasteiger partial charge in [0.2, 0.25) is 0 Å². The van der Waals surface area contributed by atoms with Gasteiger partial charge in [-0.15, -0.1) is 0 Å². The average Bonchev–Trinajstić information content (AvgIpc) is 2.25. The first kappa shape index (κ1) is 12.6. The van der Waals surface area contributed by atoms with E-state index in [4.69, 9.17) is 15.4 Å². The fourth-order valence-electron chi connectivity index (χ4n) is 1.46. The Hall–Kier alpha value is -0.435. The van der Waals surface area contributed by atoms with Gasteiger partial charge in [-0.1, -0.05) is 5.11 Å². The van der Waals surface area contributed by atoms with Crippen LogP contribution in [-0.4, -0.2) is 58.8 Å². The Morgan fingerprint density at radius 1 is 1.47 bits per heavy atom. The SMILES string of the molecule is BS[C@H]1OC(CO)[C@H](O)C(N=[N+]=[N-])[C@@H]1O. The molecule has 0 bridgehead atoms. The van der Waals surface area contributed by atoms with Gasteiger partial charge >= 0.3 is 0 Å². The van der Waals surface area contributed by atoms with Gasteiger partial charge in [-0.2, -0.15) is 11.6 Å². The highest BCUT2D eigenvalue weighted by molar-refractivity contribution is 8.20. The molecule has 1 heterocycles. The van der Waals surface area contributed by atoms with Crippen molar-refractivity contribution in [3.8, 4) is 0 Å². The second-order valence-corrected chi connectivity index (χ2v) is 4.07. The van der Waals surface area contributed by atoms with E-state index in [1.807, 2.05) is 0 Å². The minimum absolute atomic E-state index is 0.387. The van der Waals surface area contributed by atoms with E-state index >= 15 is 0 Å². The molecule has 0 aromatic rings. The van der Waals surface area contributed by atoms with Crippen LogP contribution in [0.4, 0.5) is 0 Å². The quantitative estimate of drug-likeness (QED) is 0.234. The smallest absolute Gasteiger partial charge is 0.177 e. The number of aliphatic hydroxyl groups is 3. The molecule has 5 atom stereocenters. The first-order chi connectivity index (χ1) is 7.15. The zero-order chi connectivity index (χ0) is 11.4. The van der Waals surface area contributed by atoms with Crippen molar-refractivity contribution in [3.63, 3.8) is 0 Å². The largest absolute Gasteiger partial charge is 0.394 e. The van der Waals surface area contributed by atoms with Crippen LogP contribution in [-0.2, 0) is 4.74 Å².